The third kappa shape index (κ3) is 2.89. The molecule has 1 unspecified atom stereocenters. The molecule has 0 saturated carbocycles. The number of nitrogens with two attached hydrogens (primary N) is 1. The maximum absolute atomic E-state index is 10.2. The van der Waals surface area contributed by atoms with E-state index in [1.54, 1.807) is 23.1 Å². The summed E-state index contributed by atoms with van der Waals surface area (Å²) in [6, 6.07) is 5.61. The number of hydrogen-bond donors (Lipinski definition) is 2. The molecule has 3 aromatic heterocycles. The second kappa shape index (κ2) is 6.09. The number of β-amino-alcohol motifs (C(OH)–C–C–N with tert-alkyl or cyclic N) is 1. The van der Waals surface area contributed by atoms with Crippen molar-refractivity contribution in [3.63, 3.8) is 0 Å². The summed E-state index contributed by atoms with van der Waals surface area (Å²) in [5, 5.41) is 26.8. The molecule has 1 aliphatic heterocycles. The van der Waals surface area contributed by atoms with E-state index >= 15 is 0 Å². The highest BCUT2D eigenvalue weighted by Gasteiger charge is 2.32. The Kier molecular flexibility index (Phi) is 3.86. The van der Waals surface area contributed by atoms with E-state index in [1.807, 2.05) is 23.3 Å². The Hall–Kier alpha value is -2.96. The fourth-order valence-corrected chi connectivity index (χ4v) is 3.63. The van der Waals surface area contributed by atoms with Crippen molar-refractivity contribution in [3.05, 3.63) is 35.5 Å². The first kappa shape index (κ1) is 16.5. The van der Waals surface area contributed by atoms with Gasteiger partial charge >= 0.3 is 0 Å². The van der Waals surface area contributed by atoms with Crippen LogP contribution in [-0.4, -0.2) is 43.5 Å². The van der Waals surface area contributed by atoms with Gasteiger partial charge in [-0.2, -0.15) is 5.26 Å². The molecule has 1 atom stereocenters. The third-order valence-corrected chi connectivity index (χ3v) is 5.16. The maximum Gasteiger partial charge on any atom is 0.174 e. The SMILES string of the molecule is CC1(O)CCN(c2ccn(-c3nc(-c4nccs4)cc(N)c3C#N)n2)C1. The van der Waals surface area contributed by atoms with Crippen LogP contribution >= 0.6 is 11.3 Å². The van der Waals surface area contributed by atoms with Gasteiger partial charge in [0.1, 0.15) is 22.3 Å². The van der Waals surface area contributed by atoms with Gasteiger partial charge in [0.2, 0.25) is 0 Å². The van der Waals surface area contributed by atoms with Crippen LogP contribution in [0, 0.1) is 11.3 Å². The molecule has 0 aromatic carbocycles. The number of thiazole rings is 1. The molecule has 1 fully saturated rings. The predicted octanol–water partition coefficient (Wildman–Crippen LogP) is 1.81. The maximum atomic E-state index is 10.2. The van der Waals surface area contributed by atoms with Crippen molar-refractivity contribution in [3.8, 4) is 22.6 Å². The highest BCUT2D eigenvalue weighted by molar-refractivity contribution is 7.13. The van der Waals surface area contributed by atoms with Crippen LogP contribution in [0.2, 0.25) is 0 Å². The molecule has 0 bridgehead atoms. The van der Waals surface area contributed by atoms with Crippen LogP contribution in [0.5, 0.6) is 0 Å². The zero-order valence-electron chi connectivity index (χ0n) is 14.1. The summed E-state index contributed by atoms with van der Waals surface area (Å²) in [7, 11) is 0. The molecule has 3 aromatic rings. The number of rotatable bonds is 3. The monoisotopic (exact) mass is 367 g/mol. The van der Waals surface area contributed by atoms with Crippen LogP contribution < -0.4 is 10.6 Å². The average molecular weight is 367 g/mol. The first-order valence-electron chi connectivity index (χ1n) is 8.11. The van der Waals surface area contributed by atoms with Crippen molar-refractivity contribution >= 4 is 22.8 Å². The van der Waals surface area contributed by atoms with E-state index in [1.165, 1.54) is 11.3 Å². The summed E-state index contributed by atoms with van der Waals surface area (Å²) in [6.45, 7) is 3.06. The molecule has 0 spiro atoms. The smallest absolute Gasteiger partial charge is 0.174 e. The molecular weight excluding hydrogens is 350 g/mol. The third-order valence-electron chi connectivity index (χ3n) is 4.36. The van der Waals surface area contributed by atoms with Gasteiger partial charge in [0, 0.05) is 36.9 Å². The van der Waals surface area contributed by atoms with Crippen molar-refractivity contribution in [2.75, 3.05) is 23.7 Å². The quantitative estimate of drug-likeness (QED) is 0.725. The van der Waals surface area contributed by atoms with Crippen LogP contribution in [0.1, 0.15) is 18.9 Å². The molecule has 3 N–H and O–H groups in total. The van der Waals surface area contributed by atoms with Crippen molar-refractivity contribution < 1.29 is 5.11 Å². The summed E-state index contributed by atoms with van der Waals surface area (Å²) < 4.78 is 1.55. The Morgan fingerprint density at radius 1 is 1.46 bits per heavy atom. The van der Waals surface area contributed by atoms with Crippen LogP contribution in [0.25, 0.3) is 16.5 Å². The van der Waals surface area contributed by atoms with Gasteiger partial charge in [0.25, 0.3) is 0 Å². The fourth-order valence-electron chi connectivity index (χ4n) is 3.03. The molecule has 0 aliphatic carbocycles. The Morgan fingerprint density at radius 2 is 2.31 bits per heavy atom. The van der Waals surface area contributed by atoms with Crippen molar-refractivity contribution in [1.29, 1.82) is 5.26 Å². The first-order chi connectivity index (χ1) is 12.5. The highest BCUT2D eigenvalue weighted by atomic mass is 32.1. The molecule has 8 nitrogen and oxygen atoms in total. The number of aromatic nitrogens is 4. The Labute approximate surface area is 154 Å². The van der Waals surface area contributed by atoms with E-state index in [0.717, 1.165) is 17.4 Å². The molecular formula is C17H17N7OS. The van der Waals surface area contributed by atoms with E-state index in [2.05, 4.69) is 21.1 Å². The van der Waals surface area contributed by atoms with Crippen LogP contribution in [-0.2, 0) is 0 Å². The lowest BCUT2D eigenvalue weighted by Crippen LogP contribution is -2.29. The van der Waals surface area contributed by atoms with E-state index in [9.17, 15) is 10.4 Å². The number of aliphatic hydroxyl groups is 1. The summed E-state index contributed by atoms with van der Waals surface area (Å²) in [5.74, 6) is 1.10. The Bertz CT molecular complexity index is 987. The second-order valence-electron chi connectivity index (χ2n) is 6.53. The molecule has 4 rings (SSSR count). The summed E-state index contributed by atoms with van der Waals surface area (Å²) >= 11 is 1.45. The number of anilines is 2. The standard InChI is InChI=1S/C17H17N7OS/c1-17(25)3-6-23(10-17)14-2-5-24(22-14)15-11(9-18)12(19)8-13(21-15)16-20-4-7-26-16/h2,4-5,7-8,25H,3,6,10H2,1H3,(H2,19,21). The van der Waals surface area contributed by atoms with Gasteiger partial charge < -0.3 is 15.7 Å². The van der Waals surface area contributed by atoms with Gasteiger partial charge in [-0.3, -0.25) is 0 Å². The van der Waals surface area contributed by atoms with Gasteiger partial charge in [-0.1, -0.05) is 0 Å². The minimum absolute atomic E-state index is 0.272. The van der Waals surface area contributed by atoms with Gasteiger partial charge in [-0.25, -0.2) is 14.6 Å². The minimum Gasteiger partial charge on any atom is -0.397 e. The topological polar surface area (TPSA) is 117 Å². The predicted molar refractivity (Wildman–Crippen MR) is 99.0 cm³/mol. The lowest BCUT2D eigenvalue weighted by atomic mass is 10.1. The summed E-state index contributed by atoms with van der Waals surface area (Å²) in [4.78, 5) is 10.8. The molecule has 1 saturated heterocycles. The van der Waals surface area contributed by atoms with Crippen LogP contribution in [0.15, 0.2) is 29.9 Å². The van der Waals surface area contributed by atoms with Gasteiger partial charge in [-0.05, 0) is 19.4 Å². The van der Waals surface area contributed by atoms with E-state index in [-0.39, 0.29) is 5.56 Å². The molecule has 4 heterocycles. The number of nitriles is 1. The molecule has 0 radical (unpaired) electrons. The number of pyridine rings is 1. The van der Waals surface area contributed by atoms with E-state index < -0.39 is 5.60 Å². The van der Waals surface area contributed by atoms with E-state index in [0.29, 0.717) is 30.2 Å². The Morgan fingerprint density at radius 3 is 2.96 bits per heavy atom. The molecule has 1 aliphatic rings. The van der Waals surface area contributed by atoms with Gasteiger partial charge in [0.15, 0.2) is 11.6 Å². The molecule has 132 valence electrons. The zero-order valence-corrected chi connectivity index (χ0v) is 14.9. The number of nitrogens with zero attached hydrogens (tertiary/aromatic N) is 6. The van der Waals surface area contributed by atoms with Crippen molar-refractivity contribution in [2.24, 2.45) is 0 Å². The van der Waals surface area contributed by atoms with Gasteiger partial charge in [0.05, 0.1) is 11.3 Å². The van der Waals surface area contributed by atoms with Crippen molar-refractivity contribution in [1.82, 2.24) is 19.7 Å². The molecule has 9 heteroatoms. The fraction of sp³-hybridized carbons (Fsp3) is 0.294. The average Bonchev–Trinajstić information content (AvgIpc) is 3.34. The lowest BCUT2D eigenvalue weighted by molar-refractivity contribution is 0.0839. The zero-order chi connectivity index (χ0) is 18.3. The van der Waals surface area contributed by atoms with E-state index in [4.69, 9.17) is 5.73 Å². The number of hydrogen-bond acceptors (Lipinski definition) is 8. The van der Waals surface area contributed by atoms with Crippen LogP contribution in [0.3, 0.4) is 0 Å². The molecule has 26 heavy (non-hydrogen) atoms. The Balaban J connectivity index is 1.75. The minimum atomic E-state index is -0.713. The summed E-state index contributed by atoms with van der Waals surface area (Å²) in [6.07, 6.45) is 4.13. The van der Waals surface area contributed by atoms with Gasteiger partial charge in [-0.15, -0.1) is 16.4 Å². The largest absolute Gasteiger partial charge is 0.397 e. The highest BCUT2D eigenvalue weighted by Crippen LogP contribution is 2.29. The summed E-state index contributed by atoms with van der Waals surface area (Å²) in [5.41, 5.74) is 6.57. The normalized spacial score (nSPS) is 19.7. The second-order valence-corrected chi connectivity index (χ2v) is 7.43. The number of nitrogen functional groups attached to an aromatic ring is 1. The molecule has 0 amide bonds. The van der Waals surface area contributed by atoms with Crippen LogP contribution in [0.4, 0.5) is 11.5 Å². The van der Waals surface area contributed by atoms with Crippen molar-refractivity contribution in [2.45, 2.75) is 18.9 Å². The first-order valence-corrected chi connectivity index (χ1v) is 8.99. The lowest BCUT2D eigenvalue weighted by Gasteiger charge is -2.18.